The molecular weight excluding hydrogens is 1140 g/mol. The molecule has 0 radical (unpaired) electrons. The summed E-state index contributed by atoms with van der Waals surface area (Å²) in [5.74, 6) is 3.92. The van der Waals surface area contributed by atoms with Crippen molar-refractivity contribution in [3.63, 3.8) is 0 Å². The van der Waals surface area contributed by atoms with Gasteiger partial charge in [-0.2, -0.15) is 0 Å². The molecule has 0 atom stereocenters. The van der Waals surface area contributed by atoms with Crippen LogP contribution >= 0.6 is 0 Å². The number of fused-ring (bicyclic) bond motifs is 10. The zero-order chi connectivity index (χ0) is 62.8. The number of aromatic nitrogens is 6. The van der Waals surface area contributed by atoms with Gasteiger partial charge in [-0.25, -0.2) is 29.9 Å². The van der Waals surface area contributed by atoms with Gasteiger partial charge in [-0.1, -0.05) is 295 Å². The Balaban J connectivity index is 0.614. The van der Waals surface area contributed by atoms with E-state index in [4.69, 9.17) is 29.9 Å². The van der Waals surface area contributed by atoms with Gasteiger partial charge in [0.25, 0.3) is 0 Å². The quantitative estimate of drug-likeness (QED) is 0.143. The Morgan fingerprint density at radius 3 is 0.681 bits per heavy atom. The molecule has 2 aliphatic rings. The maximum atomic E-state index is 5.28. The Morgan fingerprint density at radius 1 is 0.181 bits per heavy atom. The maximum Gasteiger partial charge on any atom is 0.164 e. The van der Waals surface area contributed by atoms with Gasteiger partial charge in [0.2, 0.25) is 0 Å². The summed E-state index contributed by atoms with van der Waals surface area (Å²) in [5.41, 5.74) is 22.5. The second-order valence-corrected chi connectivity index (χ2v) is 26.2. The Hall–Kier alpha value is -11.9. The largest absolute Gasteiger partial charge is 0.208 e. The van der Waals surface area contributed by atoms with Crippen molar-refractivity contribution in [2.75, 3.05) is 0 Å². The highest BCUT2D eigenvalue weighted by Crippen LogP contribution is 2.53. The molecule has 442 valence electrons. The maximum absolute atomic E-state index is 5.28. The van der Waals surface area contributed by atoms with E-state index in [0.717, 1.165) is 76.5 Å². The van der Waals surface area contributed by atoms with E-state index >= 15 is 0 Å². The zero-order valence-electron chi connectivity index (χ0n) is 52.4. The average Bonchev–Trinajstić information content (AvgIpc) is 1.58. The van der Waals surface area contributed by atoms with Gasteiger partial charge in [0, 0.05) is 44.2 Å². The summed E-state index contributed by atoms with van der Waals surface area (Å²) >= 11 is 0. The lowest BCUT2D eigenvalue weighted by Gasteiger charge is -2.22. The molecule has 2 aromatic heterocycles. The van der Waals surface area contributed by atoms with Gasteiger partial charge in [-0.15, -0.1) is 0 Å². The van der Waals surface area contributed by atoms with Gasteiger partial charge >= 0.3 is 0 Å². The smallest absolute Gasteiger partial charge is 0.164 e. The molecule has 2 heterocycles. The molecule has 6 nitrogen and oxygen atoms in total. The Bertz CT molecular complexity index is 5230. The van der Waals surface area contributed by atoms with Gasteiger partial charge < -0.3 is 0 Å². The molecule has 6 heteroatoms. The molecule has 94 heavy (non-hydrogen) atoms. The summed E-state index contributed by atoms with van der Waals surface area (Å²) in [6.45, 7) is 9.38. The van der Waals surface area contributed by atoms with Crippen molar-refractivity contribution in [3.8, 4) is 124 Å². The summed E-state index contributed by atoms with van der Waals surface area (Å²) in [7, 11) is 0. The molecule has 0 unspecified atom stereocenters. The Morgan fingerprint density at radius 2 is 0.394 bits per heavy atom. The summed E-state index contributed by atoms with van der Waals surface area (Å²) in [4.78, 5) is 31.6. The third-order valence-corrected chi connectivity index (χ3v) is 20.0. The first-order valence-corrected chi connectivity index (χ1v) is 32.3. The van der Waals surface area contributed by atoms with Gasteiger partial charge in [0.15, 0.2) is 34.9 Å². The van der Waals surface area contributed by atoms with E-state index in [1.54, 1.807) is 0 Å². The molecule has 0 N–H and O–H groups in total. The fourth-order valence-corrected chi connectivity index (χ4v) is 15.0. The van der Waals surface area contributed by atoms with Crippen LogP contribution < -0.4 is 0 Å². The lowest BCUT2D eigenvalue weighted by Crippen LogP contribution is -2.15. The first-order valence-electron chi connectivity index (χ1n) is 32.3. The average molecular weight is 1200 g/mol. The predicted octanol–water partition coefficient (Wildman–Crippen LogP) is 22.3. The van der Waals surface area contributed by atoms with Crippen LogP contribution in [0.2, 0.25) is 0 Å². The van der Waals surface area contributed by atoms with E-state index in [9.17, 15) is 0 Å². The minimum atomic E-state index is -0.283. The third-order valence-electron chi connectivity index (χ3n) is 20.0. The summed E-state index contributed by atoms with van der Waals surface area (Å²) < 4.78 is 0. The van der Waals surface area contributed by atoms with Crippen LogP contribution in [-0.2, 0) is 10.8 Å². The monoisotopic (exact) mass is 1200 g/mol. The van der Waals surface area contributed by atoms with Crippen molar-refractivity contribution in [1.82, 2.24) is 29.9 Å². The van der Waals surface area contributed by atoms with E-state index in [0.29, 0.717) is 34.9 Å². The minimum absolute atomic E-state index is 0.283. The first kappa shape index (κ1) is 55.0. The summed E-state index contributed by atoms with van der Waals surface area (Å²) in [6.07, 6.45) is 0. The highest BCUT2D eigenvalue weighted by atomic mass is 15.0. The normalized spacial score (nSPS) is 13.3. The number of rotatable bonds is 9. The van der Waals surface area contributed by atoms with Crippen molar-refractivity contribution >= 4 is 43.1 Å². The van der Waals surface area contributed by atoms with Crippen LogP contribution in [0.15, 0.2) is 291 Å². The van der Waals surface area contributed by atoms with E-state index in [2.05, 4.69) is 319 Å². The number of benzene rings is 14. The van der Waals surface area contributed by atoms with Crippen molar-refractivity contribution in [1.29, 1.82) is 0 Å². The minimum Gasteiger partial charge on any atom is -0.208 e. The Kier molecular flexibility index (Phi) is 12.5. The SMILES string of the molecule is CC1(C)c2cc(-c3ccc(-c4ccc(-c5ccc6c(c5)C(C)(C)c5cc(-c7nc(-c8cccc9ccccc89)nc(-c8cccc9ccccc89)n7)ccc5-6)cc4)cc3)ccc2-c2ccc(-c3nc(-c4cccc5ccccc45)nc(-c4cccc5ccccc45)n3)cc21. The van der Waals surface area contributed by atoms with Crippen LogP contribution in [0.1, 0.15) is 49.9 Å². The van der Waals surface area contributed by atoms with Crippen LogP contribution in [-0.4, -0.2) is 29.9 Å². The lowest BCUT2D eigenvalue weighted by molar-refractivity contribution is 0.660. The molecule has 0 spiro atoms. The van der Waals surface area contributed by atoms with Crippen molar-refractivity contribution in [2.45, 2.75) is 38.5 Å². The molecule has 16 aromatic rings. The zero-order valence-corrected chi connectivity index (χ0v) is 52.4. The number of hydrogen-bond donors (Lipinski definition) is 0. The number of hydrogen-bond acceptors (Lipinski definition) is 6. The van der Waals surface area contributed by atoms with Crippen LogP contribution in [0.5, 0.6) is 0 Å². The molecular formula is C88H60N6. The van der Waals surface area contributed by atoms with Crippen molar-refractivity contribution in [2.24, 2.45) is 0 Å². The second-order valence-electron chi connectivity index (χ2n) is 26.2. The molecule has 0 saturated carbocycles. The van der Waals surface area contributed by atoms with Gasteiger partial charge in [-0.05, 0) is 145 Å². The highest BCUT2D eigenvalue weighted by molar-refractivity contribution is 6.00. The fourth-order valence-electron chi connectivity index (χ4n) is 15.0. The third kappa shape index (κ3) is 9.00. The lowest BCUT2D eigenvalue weighted by atomic mass is 9.81. The van der Waals surface area contributed by atoms with Crippen LogP contribution in [0.25, 0.3) is 167 Å². The molecule has 2 aliphatic carbocycles. The second kappa shape index (κ2) is 21.4. The van der Waals surface area contributed by atoms with Gasteiger partial charge in [0.05, 0.1) is 0 Å². The molecule has 0 aliphatic heterocycles. The molecule has 0 amide bonds. The highest BCUT2D eigenvalue weighted by Gasteiger charge is 2.38. The van der Waals surface area contributed by atoms with Crippen molar-refractivity contribution < 1.29 is 0 Å². The molecule has 18 rings (SSSR count). The summed E-state index contributed by atoms with van der Waals surface area (Å²) in [6, 6.07) is 105. The topological polar surface area (TPSA) is 77.3 Å². The molecule has 0 saturated heterocycles. The number of nitrogens with zero attached hydrogens (tertiary/aromatic N) is 6. The molecule has 0 fully saturated rings. The van der Waals surface area contributed by atoms with Crippen molar-refractivity contribution in [3.05, 3.63) is 313 Å². The van der Waals surface area contributed by atoms with Gasteiger partial charge in [0.1, 0.15) is 0 Å². The van der Waals surface area contributed by atoms with Crippen LogP contribution in [0, 0.1) is 0 Å². The standard InChI is InChI=1S/C88H60N6/c1-87(2)77-49-61(41-45-69(77)71-47-43-63(51-79(71)87)81-89-83(73-29-13-21-57-17-5-9-25-65(57)73)93-84(90-81)74-30-14-22-58-18-6-10-26-66(58)74)55-37-33-53(34-38-55)54-35-39-56(40-36-54)62-42-46-70-72-48-44-64(52-80(72)88(3,4)78(70)50-62)82-91-85(75-31-15-23-59-19-7-11-27-67(59)75)94-86(92-82)76-32-16-24-60-20-8-12-28-68(60)76/h5-52H,1-4H3. The van der Waals surface area contributed by atoms with Crippen LogP contribution in [0.4, 0.5) is 0 Å². The predicted molar refractivity (Wildman–Crippen MR) is 387 cm³/mol. The van der Waals surface area contributed by atoms with Gasteiger partial charge in [-0.3, -0.25) is 0 Å². The van der Waals surface area contributed by atoms with E-state index < -0.39 is 0 Å². The molecule has 14 aromatic carbocycles. The van der Waals surface area contributed by atoms with E-state index in [1.165, 1.54) is 77.9 Å². The Labute approximate surface area is 545 Å². The van der Waals surface area contributed by atoms with E-state index in [1.807, 2.05) is 0 Å². The van der Waals surface area contributed by atoms with E-state index in [-0.39, 0.29) is 10.8 Å². The van der Waals surface area contributed by atoms with Crippen LogP contribution in [0.3, 0.4) is 0 Å². The summed E-state index contributed by atoms with van der Waals surface area (Å²) in [5, 5.41) is 9.00. The first-order chi connectivity index (χ1) is 46.1. The molecule has 0 bridgehead atoms. The fraction of sp³-hybridized carbons (Fsp3) is 0.0682.